The van der Waals surface area contributed by atoms with Gasteiger partial charge in [0.25, 0.3) is 0 Å². The highest BCUT2D eigenvalue weighted by Crippen LogP contribution is 2.32. The summed E-state index contributed by atoms with van der Waals surface area (Å²) in [6.45, 7) is 5.90. The number of unbranched alkanes of at least 4 members (excludes halogenated alkanes) is 2. The Kier molecular flexibility index (Phi) is 26.7. The first-order chi connectivity index (χ1) is 37.6. The van der Waals surface area contributed by atoms with E-state index in [9.17, 15) is 24.0 Å². The highest BCUT2D eigenvalue weighted by molar-refractivity contribution is 8.01. The van der Waals surface area contributed by atoms with Gasteiger partial charge in [-0.15, -0.1) is 11.8 Å². The van der Waals surface area contributed by atoms with E-state index in [1.165, 1.54) is 12.4 Å². The lowest BCUT2D eigenvalue weighted by molar-refractivity contribution is -0.123. The number of carbonyl (C=O) groups excluding carboxylic acids is 5. The molecule has 0 saturated carbocycles. The SMILES string of the molecule is CN(C/C=C/C(=O)Nc1cccc(Nc2cc(Nc3ccc(Oc4ccccc4)cc3)ncn2)c1)CCCCNC(=O)CCCC(=O)NCCCOCCOCCOCCCNC(=O)CCCC[C@@H]1SCC2=NC(=O)N[C@@H]21. The minimum Gasteiger partial charge on any atom is -0.457 e. The summed E-state index contributed by atoms with van der Waals surface area (Å²) in [5.74, 6) is 3.15. The molecule has 7 N–H and O–H groups in total. The Morgan fingerprint density at radius 2 is 1.27 bits per heavy atom. The number of hydrogen-bond donors (Lipinski definition) is 7. The van der Waals surface area contributed by atoms with Gasteiger partial charge in [0.05, 0.1) is 38.2 Å². The third kappa shape index (κ3) is 24.3. The Morgan fingerprint density at radius 1 is 0.662 bits per heavy atom. The van der Waals surface area contributed by atoms with Crippen molar-refractivity contribution in [3.05, 3.63) is 103 Å². The maximum absolute atomic E-state index is 12.7. The smallest absolute Gasteiger partial charge is 0.341 e. The summed E-state index contributed by atoms with van der Waals surface area (Å²) < 4.78 is 22.6. The number of urea groups is 1. The van der Waals surface area contributed by atoms with E-state index in [1.807, 2.05) is 104 Å². The Hall–Kier alpha value is -6.91. The number of fused-ring (bicyclic) bond motifs is 1. The fourth-order valence-electron chi connectivity index (χ4n) is 8.11. The maximum Gasteiger partial charge on any atom is 0.341 e. The zero-order valence-corrected chi connectivity index (χ0v) is 44.9. The molecule has 0 aliphatic carbocycles. The number of thioether (sulfide) groups is 1. The lowest BCUT2D eigenvalue weighted by Gasteiger charge is -2.15. The quantitative estimate of drug-likeness (QED) is 0.0169. The lowest BCUT2D eigenvalue weighted by atomic mass is 10.0. The second kappa shape index (κ2) is 34.7. The summed E-state index contributed by atoms with van der Waals surface area (Å²) in [4.78, 5) is 75.6. The molecule has 1 saturated heterocycles. The van der Waals surface area contributed by atoms with Gasteiger partial charge in [0.15, 0.2) is 0 Å². The van der Waals surface area contributed by atoms with Crippen LogP contribution in [0.1, 0.15) is 70.6 Å². The Labute approximate surface area is 456 Å². The molecule has 4 aromatic rings. The number of anilines is 5. The van der Waals surface area contributed by atoms with Crippen molar-refractivity contribution in [1.82, 2.24) is 36.1 Å². The van der Waals surface area contributed by atoms with Crippen molar-refractivity contribution < 1.29 is 42.9 Å². The lowest BCUT2D eigenvalue weighted by Crippen LogP contribution is -2.36. The topological polar surface area (TPSA) is 248 Å². The van der Waals surface area contributed by atoms with Crippen LogP contribution in [0.2, 0.25) is 0 Å². The molecule has 2 atom stereocenters. The van der Waals surface area contributed by atoms with Crippen LogP contribution in [-0.2, 0) is 33.4 Å². The summed E-state index contributed by atoms with van der Waals surface area (Å²) in [7, 11) is 1.98. The summed E-state index contributed by atoms with van der Waals surface area (Å²) in [6, 6.07) is 26.2. The molecule has 0 bridgehead atoms. The van der Waals surface area contributed by atoms with Crippen LogP contribution in [0.15, 0.2) is 108 Å². The first-order valence-corrected chi connectivity index (χ1v) is 27.7. The number of para-hydroxylation sites is 1. The van der Waals surface area contributed by atoms with Gasteiger partial charge in [-0.05, 0) is 113 Å². The molecule has 0 radical (unpaired) electrons. The summed E-state index contributed by atoms with van der Waals surface area (Å²) in [5, 5.41) is 21.5. The minimum absolute atomic E-state index is 0.0514. The molecule has 1 aromatic heterocycles. The van der Waals surface area contributed by atoms with E-state index in [1.54, 1.807) is 6.07 Å². The van der Waals surface area contributed by atoms with E-state index >= 15 is 0 Å². The fraction of sp³-hybridized carbons (Fsp3) is 0.464. The molecule has 1 fully saturated rings. The van der Waals surface area contributed by atoms with Gasteiger partial charge in [0.1, 0.15) is 29.5 Å². The maximum atomic E-state index is 12.7. The third-order valence-corrected chi connectivity index (χ3v) is 13.5. The van der Waals surface area contributed by atoms with Gasteiger partial charge in [0, 0.05) is 98.9 Å². The molecule has 3 heterocycles. The van der Waals surface area contributed by atoms with Crippen LogP contribution < -0.4 is 42.0 Å². The van der Waals surface area contributed by atoms with Crippen molar-refractivity contribution in [2.75, 3.05) is 101 Å². The van der Waals surface area contributed by atoms with Crippen LogP contribution in [0.4, 0.5) is 33.5 Å². The third-order valence-electron chi connectivity index (χ3n) is 12.1. The van der Waals surface area contributed by atoms with Crippen LogP contribution in [0, 0.1) is 0 Å². The van der Waals surface area contributed by atoms with Gasteiger partial charge in [-0.25, -0.2) is 14.8 Å². The Morgan fingerprint density at radius 3 is 1.96 bits per heavy atom. The zero-order chi connectivity index (χ0) is 54.1. The first-order valence-electron chi connectivity index (χ1n) is 26.6. The molecule has 21 heteroatoms. The van der Waals surface area contributed by atoms with Crippen LogP contribution in [-0.4, -0.2) is 147 Å². The molecule has 2 aliphatic rings. The molecule has 77 heavy (non-hydrogen) atoms. The number of nitrogens with zero attached hydrogens (tertiary/aromatic N) is 4. The summed E-state index contributed by atoms with van der Waals surface area (Å²) in [6.07, 6.45) is 12.2. The molecule has 2 aliphatic heterocycles. The number of ether oxygens (including phenoxy) is 4. The highest BCUT2D eigenvalue weighted by Gasteiger charge is 2.38. The molecule has 0 unspecified atom stereocenters. The van der Waals surface area contributed by atoms with Crippen molar-refractivity contribution >= 4 is 75.8 Å². The molecule has 6 amide bonds. The second-order valence-corrected chi connectivity index (χ2v) is 19.7. The number of carbonyl (C=O) groups is 5. The number of likely N-dealkylation sites (N-methyl/N-ethyl adjacent to an activating group) is 1. The standard InChI is InChI=1S/C56H75N11O9S/c1-67(31-11-22-54(71)64-44-15-9-14-43(38-44)63-50-39-49(60-41-61-50)62-42-23-25-46(26-24-42)76-45-16-3-2-4-17-45)30-8-7-27-57-52(69)20-10-21-53(70)59-29-13-33-74-35-37-75-36-34-73-32-12-28-58-51(68)19-6-5-18-48-55-47(40-77-48)65-56(72)66-55/h2-4,9,11,14-17,22-26,38-39,41,48,55H,5-8,10,12-13,18-21,27-37,40H2,1H3,(H,57,69)(H,58,68)(H,59,70)(H,64,71)(H,66,72)(H2,60,61,62,63)/b22-11+/t48-,55-/m0/s1. The molecule has 0 spiro atoms. The van der Waals surface area contributed by atoms with Crippen LogP contribution in [0.5, 0.6) is 11.5 Å². The number of aromatic nitrogens is 2. The monoisotopic (exact) mass is 1080 g/mol. The van der Waals surface area contributed by atoms with Crippen molar-refractivity contribution in [3.63, 3.8) is 0 Å². The highest BCUT2D eigenvalue weighted by atomic mass is 32.2. The van der Waals surface area contributed by atoms with E-state index in [-0.39, 0.29) is 42.1 Å². The fourth-order valence-corrected chi connectivity index (χ4v) is 9.49. The van der Waals surface area contributed by atoms with Crippen LogP contribution in [0.25, 0.3) is 0 Å². The van der Waals surface area contributed by atoms with E-state index in [0.29, 0.717) is 114 Å². The average molecular weight is 1080 g/mol. The number of amides is 6. The van der Waals surface area contributed by atoms with Gasteiger partial charge in [-0.1, -0.05) is 36.8 Å². The normalized spacial score (nSPS) is 14.7. The van der Waals surface area contributed by atoms with Crippen molar-refractivity contribution in [2.24, 2.45) is 4.99 Å². The number of nitrogens with one attached hydrogen (secondary N) is 7. The van der Waals surface area contributed by atoms with E-state index < -0.39 is 0 Å². The van der Waals surface area contributed by atoms with E-state index in [0.717, 1.165) is 79.4 Å². The van der Waals surface area contributed by atoms with Gasteiger partial charge >= 0.3 is 6.03 Å². The van der Waals surface area contributed by atoms with Gasteiger partial charge < -0.3 is 61.1 Å². The van der Waals surface area contributed by atoms with Crippen LogP contribution >= 0.6 is 11.8 Å². The summed E-state index contributed by atoms with van der Waals surface area (Å²) >= 11 is 1.83. The van der Waals surface area contributed by atoms with Crippen LogP contribution in [0.3, 0.4) is 0 Å². The number of benzene rings is 3. The minimum atomic E-state index is -0.240. The predicted molar refractivity (Wildman–Crippen MR) is 302 cm³/mol. The predicted octanol–water partition coefficient (Wildman–Crippen LogP) is 7.52. The molecule has 414 valence electrons. The molecule has 6 rings (SSSR count). The number of rotatable bonds is 38. The van der Waals surface area contributed by atoms with Gasteiger partial charge in [0.2, 0.25) is 23.6 Å². The molecule has 20 nitrogen and oxygen atoms in total. The molecule has 3 aromatic carbocycles. The Bertz CT molecular complexity index is 2500. The molecular formula is C56H75N11O9S. The largest absolute Gasteiger partial charge is 0.457 e. The molecular weight excluding hydrogens is 1000 g/mol. The van der Waals surface area contributed by atoms with Crippen molar-refractivity contribution in [2.45, 2.75) is 81.9 Å². The van der Waals surface area contributed by atoms with Crippen molar-refractivity contribution in [3.8, 4) is 11.5 Å². The van der Waals surface area contributed by atoms with Gasteiger partial charge in [-0.3, -0.25) is 19.2 Å². The van der Waals surface area contributed by atoms with Gasteiger partial charge in [-0.2, -0.15) is 4.99 Å². The zero-order valence-electron chi connectivity index (χ0n) is 44.1. The summed E-state index contributed by atoms with van der Waals surface area (Å²) in [5.41, 5.74) is 3.18. The second-order valence-electron chi connectivity index (χ2n) is 18.5. The number of hydrogen-bond acceptors (Lipinski definition) is 15. The Balaban J connectivity index is 0.674. The average Bonchev–Trinajstić information content (AvgIpc) is 3.99. The van der Waals surface area contributed by atoms with Crippen molar-refractivity contribution in [1.29, 1.82) is 0 Å². The van der Waals surface area contributed by atoms with E-state index in [2.05, 4.69) is 57.1 Å². The first kappa shape index (κ1) is 59.3. The number of aliphatic imine (C=N–C) groups is 1. The van der Waals surface area contributed by atoms with E-state index in [4.69, 9.17) is 18.9 Å².